The lowest BCUT2D eigenvalue weighted by molar-refractivity contribution is -0.123. The Morgan fingerprint density at radius 2 is 1.76 bits per heavy atom. The number of hydrogen-bond donors (Lipinski definition) is 2. The van der Waals surface area contributed by atoms with Crippen LogP contribution in [0, 0.1) is 5.92 Å². The van der Waals surface area contributed by atoms with E-state index in [1.165, 1.54) is 0 Å². The molecule has 0 saturated heterocycles. The van der Waals surface area contributed by atoms with Crippen molar-refractivity contribution < 1.29 is 4.79 Å². The van der Waals surface area contributed by atoms with E-state index in [-0.39, 0.29) is 11.9 Å². The molecule has 0 spiro atoms. The van der Waals surface area contributed by atoms with Crippen LogP contribution in [0.15, 0.2) is 24.3 Å². The molecule has 17 heavy (non-hydrogen) atoms. The van der Waals surface area contributed by atoms with Gasteiger partial charge in [-0.05, 0) is 30.5 Å². The maximum absolute atomic E-state index is 11.6. The summed E-state index contributed by atoms with van der Waals surface area (Å²) >= 11 is 5.84. The smallest absolute Gasteiger partial charge is 0.237 e. The van der Waals surface area contributed by atoms with Crippen molar-refractivity contribution in [2.45, 2.75) is 32.9 Å². The second kappa shape index (κ2) is 6.03. The molecule has 3 nitrogen and oxygen atoms in total. The molecule has 1 rings (SSSR count). The van der Waals surface area contributed by atoms with Crippen LogP contribution in [0.4, 0.5) is 0 Å². The molecule has 4 heteroatoms. The lowest BCUT2D eigenvalue weighted by Gasteiger charge is -2.24. The molecule has 0 saturated carbocycles. The van der Waals surface area contributed by atoms with Gasteiger partial charge in [0.1, 0.15) is 0 Å². The van der Waals surface area contributed by atoms with E-state index < -0.39 is 6.04 Å². The van der Waals surface area contributed by atoms with Gasteiger partial charge in [0, 0.05) is 5.02 Å². The second-order valence-electron chi connectivity index (χ2n) is 4.57. The van der Waals surface area contributed by atoms with Crippen LogP contribution in [0.3, 0.4) is 0 Å². The molecule has 1 aromatic carbocycles. The van der Waals surface area contributed by atoms with Gasteiger partial charge in [0.25, 0.3) is 0 Å². The highest BCUT2D eigenvalue weighted by Gasteiger charge is 2.19. The van der Waals surface area contributed by atoms with Gasteiger partial charge in [-0.15, -0.1) is 0 Å². The molecule has 3 N–H and O–H groups in total. The molecule has 1 unspecified atom stereocenters. The Bertz CT molecular complexity index is 374. The predicted octanol–water partition coefficient (Wildman–Crippen LogP) is 2.50. The van der Waals surface area contributed by atoms with E-state index >= 15 is 0 Å². The maximum atomic E-state index is 11.6. The predicted molar refractivity (Wildman–Crippen MR) is 70.8 cm³/mol. The van der Waals surface area contributed by atoms with Crippen molar-refractivity contribution in [2.75, 3.05) is 0 Å². The lowest BCUT2D eigenvalue weighted by Crippen LogP contribution is -2.41. The van der Waals surface area contributed by atoms with Gasteiger partial charge in [-0.3, -0.25) is 4.79 Å². The fourth-order valence-corrected chi connectivity index (χ4v) is 1.72. The van der Waals surface area contributed by atoms with Crippen LogP contribution in [0.1, 0.15) is 32.4 Å². The summed E-state index contributed by atoms with van der Waals surface area (Å²) in [6, 6.07) is 6.96. The van der Waals surface area contributed by atoms with E-state index in [1.807, 2.05) is 24.3 Å². The van der Waals surface area contributed by atoms with Gasteiger partial charge in [-0.2, -0.15) is 0 Å². The Balaban J connectivity index is 2.86. The van der Waals surface area contributed by atoms with E-state index in [0.29, 0.717) is 10.9 Å². The van der Waals surface area contributed by atoms with Crippen molar-refractivity contribution in [1.29, 1.82) is 0 Å². The number of halogens is 1. The molecule has 1 amide bonds. The summed E-state index contributed by atoms with van der Waals surface area (Å²) in [5.41, 5.74) is 6.59. The SMILES string of the molecule is CC(C)C(NC(=O)[C@H](C)N)c1ccc(Cl)cc1. The topological polar surface area (TPSA) is 55.1 Å². The van der Waals surface area contributed by atoms with Crippen molar-refractivity contribution in [2.24, 2.45) is 11.7 Å². The molecule has 94 valence electrons. The van der Waals surface area contributed by atoms with E-state index in [4.69, 9.17) is 17.3 Å². The highest BCUT2D eigenvalue weighted by Crippen LogP contribution is 2.23. The summed E-state index contributed by atoms with van der Waals surface area (Å²) in [4.78, 5) is 11.6. The highest BCUT2D eigenvalue weighted by molar-refractivity contribution is 6.30. The van der Waals surface area contributed by atoms with Gasteiger partial charge in [0.2, 0.25) is 5.91 Å². The summed E-state index contributed by atoms with van der Waals surface area (Å²) in [5, 5.41) is 3.63. The quantitative estimate of drug-likeness (QED) is 0.868. The number of benzene rings is 1. The average molecular weight is 255 g/mol. The van der Waals surface area contributed by atoms with E-state index in [0.717, 1.165) is 5.56 Å². The van der Waals surface area contributed by atoms with Gasteiger partial charge in [-0.25, -0.2) is 0 Å². The molecule has 1 aromatic rings. The molecule has 0 bridgehead atoms. The minimum atomic E-state index is -0.497. The maximum Gasteiger partial charge on any atom is 0.237 e. The highest BCUT2D eigenvalue weighted by atomic mass is 35.5. The molecule has 2 atom stereocenters. The number of nitrogens with one attached hydrogen (secondary N) is 1. The lowest BCUT2D eigenvalue weighted by atomic mass is 9.96. The fraction of sp³-hybridized carbons (Fsp3) is 0.462. The van der Waals surface area contributed by atoms with Crippen LogP contribution in [-0.2, 0) is 4.79 Å². The van der Waals surface area contributed by atoms with E-state index in [1.54, 1.807) is 6.92 Å². The van der Waals surface area contributed by atoms with Crippen LogP contribution in [0.5, 0.6) is 0 Å². The van der Waals surface area contributed by atoms with E-state index in [2.05, 4.69) is 19.2 Å². The molecular formula is C13H19ClN2O. The Labute approximate surface area is 107 Å². The number of amides is 1. The van der Waals surface area contributed by atoms with Crippen LogP contribution in [-0.4, -0.2) is 11.9 Å². The molecule has 0 aliphatic heterocycles. The second-order valence-corrected chi connectivity index (χ2v) is 5.01. The number of hydrogen-bond acceptors (Lipinski definition) is 2. The monoisotopic (exact) mass is 254 g/mol. The van der Waals surface area contributed by atoms with Gasteiger partial charge >= 0.3 is 0 Å². The van der Waals surface area contributed by atoms with Gasteiger partial charge < -0.3 is 11.1 Å². The molecule has 0 aromatic heterocycles. The van der Waals surface area contributed by atoms with Gasteiger partial charge in [-0.1, -0.05) is 37.6 Å². The summed E-state index contributed by atoms with van der Waals surface area (Å²) in [6.45, 7) is 5.79. The standard InChI is InChI=1S/C13H19ClN2O/c1-8(2)12(16-13(17)9(3)15)10-4-6-11(14)7-5-10/h4-9,12H,15H2,1-3H3,(H,16,17)/t9-,12?/m0/s1. The molecule has 0 radical (unpaired) electrons. The summed E-state index contributed by atoms with van der Waals surface area (Å²) in [7, 11) is 0. The van der Waals surface area contributed by atoms with Gasteiger partial charge in [0.05, 0.1) is 12.1 Å². The Kier molecular flexibility index (Phi) is 4.97. The number of carbonyl (C=O) groups is 1. The Morgan fingerprint density at radius 3 is 2.18 bits per heavy atom. The Morgan fingerprint density at radius 1 is 1.24 bits per heavy atom. The third-order valence-electron chi connectivity index (χ3n) is 2.61. The van der Waals surface area contributed by atoms with Crippen LogP contribution in [0.2, 0.25) is 5.02 Å². The van der Waals surface area contributed by atoms with Crippen molar-refractivity contribution in [3.8, 4) is 0 Å². The number of nitrogens with two attached hydrogens (primary N) is 1. The van der Waals surface area contributed by atoms with Crippen molar-refractivity contribution in [1.82, 2.24) is 5.32 Å². The molecule has 0 heterocycles. The van der Waals surface area contributed by atoms with Crippen molar-refractivity contribution >= 4 is 17.5 Å². The first-order chi connectivity index (χ1) is 7.91. The number of rotatable bonds is 4. The largest absolute Gasteiger partial charge is 0.348 e. The van der Waals surface area contributed by atoms with Crippen molar-refractivity contribution in [3.63, 3.8) is 0 Å². The minimum absolute atomic E-state index is 0.0363. The number of carbonyl (C=O) groups excluding carboxylic acids is 1. The molecule has 0 aliphatic carbocycles. The normalized spacial score (nSPS) is 14.5. The molecule has 0 fully saturated rings. The van der Waals surface area contributed by atoms with Crippen LogP contribution >= 0.6 is 11.6 Å². The van der Waals surface area contributed by atoms with Crippen LogP contribution < -0.4 is 11.1 Å². The van der Waals surface area contributed by atoms with Crippen LogP contribution in [0.25, 0.3) is 0 Å². The first kappa shape index (κ1) is 14.0. The van der Waals surface area contributed by atoms with Gasteiger partial charge in [0.15, 0.2) is 0 Å². The molecule has 0 aliphatic rings. The van der Waals surface area contributed by atoms with E-state index in [9.17, 15) is 4.79 Å². The zero-order valence-corrected chi connectivity index (χ0v) is 11.2. The zero-order valence-electron chi connectivity index (χ0n) is 10.4. The Hall–Kier alpha value is -1.06. The minimum Gasteiger partial charge on any atom is -0.348 e. The summed E-state index contributed by atoms with van der Waals surface area (Å²) in [6.07, 6.45) is 0. The first-order valence-corrected chi connectivity index (χ1v) is 6.11. The first-order valence-electron chi connectivity index (χ1n) is 5.73. The zero-order chi connectivity index (χ0) is 13.0. The molecular weight excluding hydrogens is 236 g/mol. The third-order valence-corrected chi connectivity index (χ3v) is 2.86. The van der Waals surface area contributed by atoms with Crippen molar-refractivity contribution in [3.05, 3.63) is 34.9 Å². The fourth-order valence-electron chi connectivity index (χ4n) is 1.59. The summed E-state index contributed by atoms with van der Waals surface area (Å²) < 4.78 is 0. The third kappa shape index (κ3) is 4.02. The average Bonchev–Trinajstić information content (AvgIpc) is 2.26. The summed E-state index contributed by atoms with van der Waals surface area (Å²) in [5.74, 6) is 0.150.